The molecule has 1 aliphatic heterocycles. The number of nitrogens with zero attached hydrogens (tertiary/aromatic N) is 1. The fourth-order valence-corrected chi connectivity index (χ4v) is 3.25. The number of amides is 3. The minimum Gasteiger partial charge on any atom is -0.341 e. The summed E-state index contributed by atoms with van der Waals surface area (Å²) in [5, 5.41) is 5.73. The maximum absolute atomic E-state index is 12.3. The number of hydrogen-bond acceptors (Lipinski definition) is 3. The number of thioether (sulfide) groups is 1. The summed E-state index contributed by atoms with van der Waals surface area (Å²) in [5.41, 5.74) is 1.70. The summed E-state index contributed by atoms with van der Waals surface area (Å²) in [7, 11) is 0. The van der Waals surface area contributed by atoms with Gasteiger partial charge in [-0.2, -0.15) is 11.8 Å². The molecule has 0 bridgehead atoms. The fourth-order valence-electron chi connectivity index (χ4n) is 2.35. The standard InChI is InChI=1S/C18H27N3O2S/c1-13(2)14(3)19-18(23)20-16-6-4-15(5-7-16)12-17(22)21-8-10-24-11-9-21/h4-7,13-14H,8-12H2,1-3H3,(H2,19,20,23)/t14-/m1/s1. The van der Waals surface area contributed by atoms with Crippen LogP contribution in [0.3, 0.4) is 0 Å². The third-order valence-electron chi connectivity index (χ3n) is 4.29. The first-order valence-electron chi connectivity index (χ1n) is 8.47. The van der Waals surface area contributed by atoms with Crippen molar-refractivity contribution in [2.24, 2.45) is 5.92 Å². The average Bonchev–Trinajstić information content (AvgIpc) is 2.57. The number of rotatable bonds is 5. The lowest BCUT2D eigenvalue weighted by molar-refractivity contribution is -0.130. The van der Waals surface area contributed by atoms with Gasteiger partial charge in [0.15, 0.2) is 0 Å². The van der Waals surface area contributed by atoms with Crippen LogP contribution in [0.1, 0.15) is 26.3 Å². The number of anilines is 1. The van der Waals surface area contributed by atoms with E-state index >= 15 is 0 Å². The van der Waals surface area contributed by atoms with Gasteiger partial charge in [0.2, 0.25) is 5.91 Å². The van der Waals surface area contributed by atoms with E-state index in [4.69, 9.17) is 0 Å². The van der Waals surface area contributed by atoms with Crippen molar-refractivity contribution in [1.29, 1.82) is 0 Å². The predicted molar refractivity (Wildman–Crippen MR) is 101 cm³/mol. The molecule has 1 saturated heterocycles. The molecule has 1 aromatic rings. The monoisotopic (exact) mass is 349 g/mol. The SMILES string of the molecule is CC(C)[C@@H](C)NC(=O)Nc1ccc(CC(=O)N2CCSCC2)cc1. The van der Waals surface area contributed by atoms with E-state index in [-0.39, 0.29) is 18.0 Å². The summed E-state index contributed by atoms with van der Waals surface area (Å²) in [5.74, 6) is 2.62. The second kappa shape index (κ2) is 8.97. The summed E-state index contributed by atoms with van der Waals surface area (Å²) in [6.45, 7) is 7.81. The molecular formula is C18H27N3O2S. The molecule has 0 radical (unpaired) electrons. The number of carbonyl (C=O) groups excluding carboxylic acids is 2. The van der Waals surface area contributed by atoms with E-state index in [0.717, 1.165) is 35.8 Å². The van der Waals surface area contributed by atoms with Crippen molar-refractivity contribution in [2.75, 3.05) is 29.9 Å². The molecule has 6 heteroatoms. The first kappa shape index (κ1) is 18.6. The average molecular weight is 350 g/mol. The zero-order chi connectivity index (χ0) is 17.5. The molecule has 0 unspecified atom stereocenters. The van der Waals surface area contributed by atoms with E-state index in [1.54, 1.807) is 0 Å². The molecule has 2 rings (SSSR count). The zero-order valence-electron chi connectivity index (χ0n) is 14.7. The first-order valence-corrected chi connectivity index (χ1v) is 9.63. The van der Waals surface area contributed by atoms with Gasteiger partial charge in [-0.3, -0.25) is 4.79 Å². The van der Waals surface area contributed by atoms with E-state index in [1.165, 1.54) is 0 Å². The van der Waals surface area contributed by atoms with Crippen molar-refractivity contribution in [3.8, 4) is 0 Å². The Balaban J connectivity index is 1.84. The van der Waals surface area contributed by atoms with Gasteiger partial charge in [0.25, 0.3) is 0 Å². The van der Waals surface area contributed by atoms with E-state index < -0.39 is 0 Å². The summed E-state index contributed by atoms with van der Waals surface area (Å²) >= 11 is 1.90. The van der Waals surface area contributed by atoms with Gasteiger partial charge in [0.1, 0.15) is 0 Å². The quantitative estimate of drug-likeness (QED) is 0.859. The molecule has 1 fully saturated rings. The van der Waals surface area contributed by atoms with Crippen LogP contribution in [0.4, 0.5) is 10.5 Å². The van der Waals surface area contributed by atoms with Crippen LogP contribution in [-0.2, 0) is 11.2 Å². The minimum atomic E-state index is -0.203. The zero-order valence-corrected chi connectivity index (χ0v) is 15.5. The summed E-state index contributed by atoms with van der Waals surface area (Å²) in [6, 6.07) is 7.40. The summed E-state index contributed by atoms with van der Waals surface area (Å²) in [4.78, 5) is 26.1. The molecule has 0 aliphatic carbocycles. The Kier molecular flexibility index (Phi) is 6.97. The third-order valence-corrected chi connectivity index (χ3v) is 5.23. The Morgan fingerprint density at radius 1 is 1.12 bits per heavy atom. The van der Waals surface area contributed by atoms with Gasteiger partial charge >= 0.3 is 6.03 Å². The number of hydrogen-bond donors (Lipinski definition) is 2. The van der Waals surface area contributed by atoms with Crippen LogP contribution >= 0.6 is 11.8 Å². The molecule has 1 heterocycles. The Morgan fingerprint density at radius 2 is 1.75 bits per heavy atom. The summed E-state index contributed by atoms with van der Waals surface area (Å²) in [6.07, 6.45) is 0.418. The molecule has 0 aromatic heterocycles. The van der Waals surface area contributed by atoms with Crippen LogP contribution in [0.5, 0.6) is 0 Å². The molecule has 24 heavy (non-hydrogen) atoms. The number of nitrogens with one attached hydrogen (secondary N) is 2. The highest BCUT2D eigenvalue weighted by Gasteiger charge is 2.17. The van der Waals surface area contributed by atoms with Crippen molar-refractivity contribution < 1.29 is 9.59 Å². The Bertz CT molecular complexity index is 554. The van der Waals surface area contributed by atoms with Crippen LogP contribution in [0.25, 0.3) is 0 Å². The van der Waals surface area contributed by atoms with Crippen molar-refractivity contribution in [2.45, 2.75) is 33.2 Å². The maximum Gasteiger partial charge on any atom is 0.319 e. The van der Waals surface area contributed by atoms with E-state index in [9.17, 15) is 9.59 Å². The topological polar surface area (TPSA) is 61.4 Å². The minimum absolute atomic E-state index is 0.115. The van der Waals surface area contributed by atoms with Crippen LogP contribution in [0, 0.1) is 5.92 Å². The normalized spacial score (nSPS) is 15.9. The van der Waals surface area contributed by atoms with Crippen LogP contribution < -0.4 is 10.6 Å². The molecule has 2 N–H and O–H groups in total. The fraction of sp³-hybridized carbons (Fsp3) is 0.556. The van der Waals surface area contributed by atoms with E-state index in [1.807, 2.05) is 47.9 Å². The van der Waals surface area contributed by atoms with Gasteiger partial charge in [0.05, 0.1) is 6.42 Å². The predicted octanol–water partition coefficient (Wildman–Crippen LogP) is 2.97. The second-order valence-corrected chi connectivity index (χ2v) is 7.72. The Morgan fingerprint density at radius 3 is 2.33 bits per heavy atom. The van der Waals surface area contributed by atoms with Crippen LogP contribution in [0.15, 0.2) is 24.3 Å². The van der Waals surface area contributed by atoms with Gasteiger partial charge < -0.3 is 15.5 Å². The van der Waals surface area contributed by atoms with Crippen molar-refractivity contribution >= 4 is 29.4 Å². The number of carbonyl (C=O) groups is 2. The molecular weight excluding hydrogens is 322 g/mol. The molecule has 132 valence electrons. The van der Waals surface area contributed by atoms with Crippen molar-refractivity contribution in [1.82, 2.24) is 10.2 Å². The molecule has 0 spiro atoms. The first-order chi connectivity index (χ1) is 11.5. The van der Waals surface area contributed by atoms with Gasteiger partial charge in [-0.1, -0.05) is 26.0 Å². The van der Waals surface area contributed by atoms with E-state index in [0.29, 0.717) is 12.3 Å². The lowest BCUT2D eigenvalue weighted by atomic mass is 10.1. The highest BCUT2D eigenvalue weighted by Crippen LogP contribution is 2.14. The second-order valence-electron chi connectivity index (χ2n) is 6.50. The smallest absolute Gasteiger partial charge is 0.319 e. The van der Waals surface area contributed by atoms with Gasteiger partial charge in [-0.05, 0) is 30.5 Å². The highest BCUT2D eigenvalue weighted by atomic mass is 32.2. The molecule has 1 aliphatic rings. The largest absolute Gasteiger partial charge is 0.341 e. The van der Waals surface area contributed by atoms with Crippen molar-refractivity contribution in [3.63, 3.8) is 0 Å². The van der Waals surface area contributed by atoms with Crippen LogP contribution in [-0.4, -0.2) is 47.5 Å². The molecule has 3 amide bonds. The molecule has 5 nitrogen and oxygen atoms in total. The lowest BCUT2D eigenvalue weighted by Crippen LogP contribution is -2.39. The lowest BCUT2D eigenvalue weighted by Gasteiger charge is -2.26. The Hall–Kier alpha value is -1.69. The number of benzene rings is 1. The molecule has 1 atom stereocenters. The molecule has 0 saturated carbocycles. The summed E-state index contributed by atoms with van der Waals surface area (Å²) < 4.78 is 0. The third kappa shape index (κ3) is 5.74. The highest BCUT2D eigenvalue weighted by molar-refractivity contribution is 7.99. The van der Waals surface area contributed by atoms with Gasteiger partial charge in [-0.25, -0.2) is 4.79 Å². The molecule has 1 aromatic carbocycles. The number of urea groups is 1. The van der Waals surface area contributed by atoms with Gasteiger partial charge in [0, 0.05) is 36.3 Å². The maximum atomic E-state index is 12.3. The Labute approximate surface area is 148 Å². The van der Waals surface area contributed by atoms with Crippen molar-refractivity contribution in [3.05, 3.63) is 29.8 Å². The van der Waals surface area contributed by atoms with Crippen LogP contribution in [0.2, 0.25) is 0 Å². The van der Waals surface area contributed by atoms with Gasteiger partial charge in [-0.15, -0.1) is 0 Å². The van der Waals surface area contributed by atoms with E-state index in [2.05, 4.69) is 24.5 Å².